The SMILES string of the molecule is Cc1nc(-c2cccc(Cl)c2)sc1C(=O)NC(C)c1ccncc1. The number of hydrogen-bond acceptors (Lipinski definition) is 4. The zero-order chi connectivity index (χ0) is 17.1. The molecule has 1 unspecified atom stereocenters. The number of rotatable bonds is 4. The second kappa shape index (κ2) is 7.11. The lowest BCUT2D eigenvalue weighted by molar-refractivity contribution is 0.0943. The Kier molecular flexibility index (Phi) is 4.92. The molecule has 1 amide bonds. The van der Waals surface area contributed by atoms with Crippen molar-refractivity contribution in [3.05, 3.63) is 69.9 Å². The summed E-state index contributed by atoms with van der Waals surface area (Å²) in [5.74, 6) is -0.123. The maximum absolute atomic E-state index is 12.6. The Morgan fingerprint density at radius 1 is 1.25 bits per heavy atom. The molecule has 0 aliphatic carbocycles. The van der Waals surface area contributed by atoms with Crippen molar-refractivity contribution in [3.8, 4) is 10.6 Å². The van der Waals surface area contributed by atoms with Gasteiger partial charge < -0.3 is 5.32 Å². The lowest BCUT2D eigenvalue weighted by Crippen LogP contribution is -2.26. The van der Waals surface area contributed by atoms with Gasteiger partial charge in [0.1, 0.15) is 9.88 Å². The van der Waals surface area contributed by atoms with Gasteiger partial charge in [0, 0.05) is 23.0 Å². The standard InChI is InChI=1S/C18H16ClN3OS/c1-11(13-6-8-20-9-7-13)21-17(23)16-12(2)22-18(24-16)14-4-3-5-15(19)10-14/h3-11H,1-2H3,(H,21,23). The molecule has 0 saturated carbocycles. The summed E-state index contributed by atoms with van der Waals surface area (Å²) in [6.45, 7) is 3.79. The van der Waals surface area contributed by atoms with E-state index in [0.717, 1.165) is 21.8 Å². The van der Waals surface area contributed by atoms with Crippen molar-refractivity contribution in [1.29, 1.82) is 0 Å². The van der Waals surface area contributed by atoms with Gasteiger partial charge in [-0.1, -0.05) is 23.7 Å². The number of aryl methyl sites for hydroxylation is 1. The maximum Gasteiger partial charge on any atom is 0.263 e. The quantitative estimate of drug-likeness (QED) is 0.738. The minimum absolute atomic E-state index is 0.100. The molecular weight excluding hydrogens is 342 g/mol. The van der Waals surface area contributed by atoms with Crippen LogP contribution in [0.25, 0.3) is 10.6 Å². The van der Waals surface area contributed by atoms with E-state index in [0.29, 0.717) is 9.90 Å². The largest absolute Gasteiger partial charge is 0.345 e. The Hall–Kier alpha value is -2.24. The summed E-state index contributed by atoms with van der Waals surface area (Å²) in [7, 11) is 0. The Labute approximate surface area is 149 Å². The fourth-order valence-corrected chi connectivity index (χ4v) is 3.51. The van der Waals surface area contributed by atoms with Crippen molar-refractivity contribution < 1.29 is 4.79 Å². The fourth-order valence-electron chi connectivity index (χ4n) is 2.35. The summed E-state index contributed by atoms with van der Waals surface area (Å²) in [6.07, 6.45) is 3.43. The van der Waals surface area contributed by atoms with Crippen molar-refractivity contribution in [2.24, 2.45) is 0 Å². The zero-order valence-electron chi connectivity index (χ0n) is 13.3. The summed E-state index contributed by atoms with van der Waals surface area (Å²) in [5.41, 5.74) is 2.64. The molecule has 0 aliphatic heterocycles. The summed E-state index contributed by atoms with van der Waals surface area (Å²) < 4.78 is 0. The van der Waals surface area contributed by atoms with Gasteiger partial charge in [-0.3, -0.25) is 9.78 Å². The van der Waals surface area contributed by atoms with Gasteiger partial charge in [0.05, 0.1) is 11.7 Å². The van der Waals surface area contributed by atoms with Gasteiger partial charge in [0.15, 0.2) is 0 Å². The van der Waals surface area contributed by atoms with Crippen molar-refractivity contribution in [3.63, 3.8) is 0 Å². The Morgan fingerprint density at radius 2 is 2.00 bits per heavy atom. The van der Waals surface area contributed by atoms with Crippen molar-refractivity contribution in [2.75, 3.05) is 0 Å². The predicted molar refractivity (Wildman–Crippen MR) is 97.4 cm³/mol. The third-order valence-electron chi connectivity index (χ3n) is 3.63. The predicted octanol–water partition coefficient (Wildman–Crippen LogP) is 4.66. The van der Waals surface area contributed by atoms with E-state index in [-0.39, 0.29) is 11.9 Å². The van der Waals surface area contributed by atoms with Crippen LogP contribution in [0.2, 0.25) is 5.02 Å². The third kappa shape index (κ3) is 3.63. The van der Waals surface area contributed by atoms with Crippen LogP contribution in [0.15, 0.2) is 48.8 Å². The van der Waals surface area contributed by atoms with E-state index in [1.165, 1.54) is 11.3 Å². The summed E-state index contributed by atoms with van der Waals surface area (Å²) in [6, 6.07) is 11.2. The molecule has 4 nitrogen and oxygen atoms in total. The van der Waals surface area contributed by atoms with Crippen LogP contribution in [0.4, 0.5) is 0 Å². The van der Waals surface area contributed by atoms with Crippen LogP contribution in [-0.2, 0) is 0 Å². The van der Waals surface area contributed by atoms with Crippen LogP contribution in [0.3, 0.4) is 0 Å². The summed E-state index contributed by atoms with van der Waals surface area (Å²) in [5, 5.41) is 4.45. The molecular formula is C18H16ClN3OS. The fraction of sp³-hybridized carbons (Fsp3) is 0.167. The molecule has 1 aromatic carbocycles. The van der Waals surface area contributed by atoms with Crippen LogP contribution < -0.4 is 5.32 Å². The minimum Gasteiger partial charge on any atom is -0.345 e. The Bertz CT molecular complexity index is 864. The van der Waals surface area contributed by atoms with E-state index in [1.54, 1.807) is 12.4 Å². The molecule has 1 N–H and O–H groups in total. The molecule has 1 atom stereocenters. The first-order valence-electron chi connectivity index (χ1n) is 7.49. The van der Waals surface area contributed by atoms with Gasteiger partial charge in [-0.2, -0.15) is 0 Å². The second-order valence-corrected chi connectivity index (χ2v) is 6.86. The lowest BCUT2D eigenvalue weighted by atomic mass is 10.1. The molecule has 2 heterocycles. The highest BCUT2D eigenvalue weighted by Crippen LogP contribution is 2.29. The zero-order valence-corrected chi connectivity index (χ0v) is 14.9. The Balaban J connectivity index is 1.81. The third-order valence-corrected chi connectivity index (χ3v) is 5.07. The number of hydrogen-bond donors (Lipinski definition) is 1. The number of benzene rings is 1. The number of nitrogens with zero attached hydrogens (tertiary/aromatic N) is 2. The number of amides is 1. The molecule has 122 valence electrons. The van der Waals surface area contributed by atoms with Gasteiger partial charge in [-0.05, 0) is 43.7 Å². The van der Waals surface area contributed by atoms with Gasteiger partial charge in [-0.15, -0.1) is 11.3 Å². The van der Waals surface area contributed by atoms with E-state index >= 15 is 0 Å². The highest BCUT2D eigenvalue weighted by molar-refractivity contribution is 7.17. The molecule has 0 aliphatic rings. The highest BCUT2D eigenvalue weighted by Gasteiger charge is 2.18. The normalized spacial score (nSPS) is 12.0. The summed E-state index contributed by atoms with van der Waals surface area (Å²) >= 11 is 7.41. The second-order valence-electron chi connectivity index (χ2n) is 5.42. The molecule has 3 rings (SSSR count). The highest BCUT2D eigenvalue weighted by atomic mass is 35.5. The van der Waals surface area contributed by atoms with Crippen LogP contribution in [0.1, 0.15) is 33.9 Å². The molecule has 0 spiro atoms. The van der Waals surface area contributed by atoms with Gasteiger partial charge in [0.2, 0.25) is 0 Å². The van der Waals surface area contributed by atoms with Gasteiger partial charge in [0.25, 0.3) is 5.91 Å². The van der Waals surface area contributed by atoms with E-state index in [4.69, 9.17) is 11.6 Å². The number of pyridine rings is 1. The van der Waals surface area contributed by atoms with E-state index < -0.39 is 0 Å². The molecule has 0 radical (unpaired) electrons. The molecule has 0 saturated heterocycles. The topological polar surface area (TPSA) is 54.9 Å². The number of thiazole rings is 1. The van der Waals surface area contributed by atoms with Crippen molar-refractivity contribution in [2.45, 2.75) is 19.9 Å². The van der Waals surface area contributed by atoms with E-state index in [9.17, 15) is 4.79 Å². The number of carbonyl (C=O) groups is 1. The molecule has 3 aromatic rings. The molecule has 6 heteroatoms. The first kappa shape index (κ1) is 16.6. The average molecular weight is 358 g/mol. The number of halogens is 1. The number of carbonyl (C=O) groups excluding carboxylic acids is 1. The Morgan fingerprint density at radius 3 is 2.71 bits per heavy atom. The van der Waals surface area contributed by atoms with Gasteiger partial charge >= 0.3 is 0 Å². The van der Waals surface area contributed by atoms with E-state index in [2.05, 4.69) is 15.3 Å². The first-order valence-corrected chi connectivity index (χ1v) is 8.68. The number of nitrogens with one attached hydrogen (secondary N) is 1. The maximum atomic E-state index is 12.6. The van der Waals surface area contributed by atoms with Crippen LogP contribution >= 0.6 is 22.9 Å². The lowest BCUT2D eigenvalue weighted by Gasteiger charge is -2.13. The molecule has 24 heavy (non-hydrogen) atoms. The van der Waals surface area contributed by atoms with Crippen LogP contribution in [-0.4, -0.2) is 15.9 Å². The molecule has 2 aromatic heterocycles. The first-order chi connectivity index (χ1) is 11.5. The molecule has 0 bridgehead atoms. The van der Waals surface area contributed by atoms with Crippen molar-refractivity contribution in [1.82, 2.24) is 15.3 Å². The molecule has 0 fully saturated rings. The average Bonchev–Trinajstić information content (AvgIpc) is 2.97. The van der Waals surface area contributed by atoms with Crippen LogP contribution in [0, 0.1) is 6.92 Å². The van der Waals surface area contributed by atoms with E-state index in [1.807, 2.05) is 50.2 Å². The minimum atomic E-state index is -0.123. The summed E-state index contributed by atoms with van der Waals surface area (Å²) in [4.78, 5) is 21.7. The van der Waals surface area contributed by atoms with Crippen molar-refractivity contribution >= 4 is 28.8 Å². The van der Waals surface area contributed by atoms with Crippen LogP contribution in [0.5, 0.6) is 0 Å². The van der Waals surface area contributed by atoms with Gasteiger partial charge in [-0.25, -0.2) is 4.98 Å². The number of aromatic nitrogens is 2. The smallest absolute Gasteiger partial charge is 0.263 e. The monoisotopic (exact) mass is 357 g/mol.